The molecule has 0 saturated heterocycles. The predicted molar refractivity (Wildman–Crippen MR) is 149 cm³/mol. The molecule has 0 radical (unpaired) electrons. The Hall–Kier alpha value is -3.40. The molecule has 1 heterocycles. The molecule has 1 aliphatic heterocycles. The summed E-state index contributed by atoms with van der Waals surface area (Å²) in [5.41, 5.74) is 9.98. The number of methoxy groups -OCH3 is 1. The van der Waals surface area contributed by atoms with E-state index in [4.69, 9.17) is 9.73 Å². The third-order valence-electron chi connectivity index (χ3n) is 7.95. The Bertz CT molecular complexity index is 1350. The number of hydrogen-bond donors (Lipinski definition) is 0. The number of anilines is 2. The highest BCUT2D eigenvalue weighted by molar-refractivity contribution is 6.19. The summed E-state index contributed by atoms with van der Waals surface area (Å²) < 4.78 is 4.90. The van der Waals surface area contributed by atoms with Crippen molar-refractivity contribution in [2.45, 2.75) is 64.7 Å². The standard InChI is InChI=1S/C32H36N2O2/c1-7-18-34-27-11-9-8-10-23(27)29(21-12-14-22(15-13-21)30(35)36-6)33-26-19-24-25(20-28(26)34)32(4,5)17-16-31(24,2)3/h8-15,19-20H,7,16-18H2,1-6H3. The molecule has 36 heavy (non-hydrogen) atoms. The summed E-state index contributed by atoms with van der Waals surface area (Å²) in [6.07, 6.45) is 3.37. The van der Waals surface area contributed by atoms with E-state index in [1.54, 1.807) is 0 Å². The van der Waals surface area contributed by atoms with E-state index in [2.05, 4.69) is 75.9 Å². The smallest absolute Gasteiger partial charge is 0.337 e. The maximum Gasteiger partial charge on any atom is 0.337 e. The van der Waals surface area contributed by atoms with Crippen LogP contribution in [0.25, 0.3) is 0 Å². The van der Waals surface area contributed by atoms with Gasteiger partial charge in [0.2, 0.25) is 0 Å². The molecule has 0 saturated carbocycles. The van der Waals surface area contributed by atoms with Crippen molar-refractivity contribution in [1.29, 1.82) is 0 Å². The van der Waals surface area contributed by atoms with Gasteiger partial charge in [-0.15, -0.1) is 0 Å². The highest BCUT2D eigenvalue weighted by atomic mass is 16.5. The Balaban J connectivity index is 1.78. The van der Waals surface area contributed by atoms with Gasteiger partial charge >= 0.3 is 5.97 Å². The summed E-state index contributed by atoms with van der Waals surface area (Å²) in [6, 6.07) is 20.9. The Labute approximate surface area is 215 Å². The van der Waals surface area contributed by atoms with E-state index < -0.39 is 0 Å². The van der Waals surface area contributed by atoms with Crippen molar-refractivity contribution in [3.8, 4) is 0 Å². The first kappa shape index (κ1) is 24.3. The van der Waals surface area contributed by atoms with E-state index in [1.807, 2.05) is 24.3 Å². The minimum absolute atomic E-state index is 0.104. The summed E-state index contributed by atoms with van der Waals surface area (Å²) in [4.78, 5) is 19.8. The molecule has 0 amide bonds. The molecule has 2 aliphatic rings. The van der Waals surface area contributed by atoms with Gasteiger partial charge < -0.3 is 9.64 Å². The van der Waals surface area contributed by atoms with E-state index >= 15 is 0 Å². The van der Waals surface area contributed by atoms with E-state index in [1.165, 1.54) is 36.0 Å². The minimum Gasteiger partial charge on any atom is -0.465 e. The molecule has 5 rings (SSSR count). The van der Waals surface area contributed by atoms with Gasteiger partial charge in [-0.2, -0.15) is 0 Å². The number of benzene rings is 3. The highest BCUT2D eigenvalue weighted by Gasteiger charge is 2.39. The Kier molecular flexibility index (Phi) is 6.02. The molecular weight excluding hydrogens is 444 g/mol. The molecule has 3 aromatic rings. The molecule has 0 atom stereocenters. The second kappa shape index (κ2) is 8.92. The van der Waals surface area contributed by atoms with Crippen LogP contribution in [-0.4, -0.2) is 25.3 Å². The molecule has 0 N–H and O–H groups in total. The van der Waals surface area contributed by atoms with Gasteiger partial charge in [-0.1, -0.05) is 65.0 Å². The zero-order chi connectivity index (χ0) is 25.7. The van der Waals surface area contributed by atoms with Crippen LogP contribution in [0.3, 0.4) is 0 Å². The molecule has 0 unspecified atom stereocenters. The molecular formula is C32H36N2O2. The van der Waals surface area contributed by atoms with Crippen molar-refractivity contribution in [1.82, 2.24) is 0 Å². The molecule has 0 fully saturated rings. The summed E-state index contributed by atoms with van der Waals surface area (Å²) in [5.74, 6) is -0.333. The van der Waals surface area contributed by atoms with Crippen LogP contribution in [0.5, 0.6) is 0 Å². The number of para-hydroxylation sites is 1. The number of hydrogen-bond acceptors (Lipinski definition) is 4. The Morgan fingerprint density at radius 2 is 1.56 bits per heavy atom. The van der Waals surface area contributed by atoms with Gasteiger partial charge in [0.1, 0.15) is 0 Å². The second-order valence-electron chi connectivity index (χ2n) is 11.4. The third kappa shape index (κ3) is 4.03. The average Bonchev–Trinajstić information content (AvgIpc) is 3.01. The predicted octanol–water partition coefficient (Wildman–Crippen LogP) is 7.85. The topological polar surface area (TPSA) is 41.9 Å². The van der Waals surface area contributed by atoms with Crippen LogP contribution >= 0.6 is 0 Å². The van der Waals surface area contributed by atoms with Gasteiger partial charge in [0.15, 0.2) is 0 Å². The van der Waals surface area contributed by atoms with Crippen molar-refractivity contribution < 1.29 is 9.53 Å². The van der Waals surface area contributed by atoms with Crippen molar-refractivity contribution in [3.05, 3.63) is 88.5 Å². The number of rotatable bonds is 4. The zero-order valence-electron chi connectivity index (χ0n) is 22.3. The number of aliphatic imine (C=N–C) groups is 1. The van der Waals surface area contributed by atoms with Gasteiger partial charge in [0.05, 0.1) is 35.4 Å². The molecule has 0 aromatic heterocycles. The van der Waals surface area contributed by atoms with Crippen LogP contribution in [0.4, 0.5) is 17.1 Å². The summed E-state index contributed by atoms with van der Waals surface area (Å²) >= 11 is 0. The lowest BCUT2D eigenvalue weighted by Crippen LogP contribution is -2.34. The third-order valence-corrected chi connectivity index (χ3v) is 7.95. The van der Waals surface area contributed by atoms with E-state index in [-0.39, 0.29) is 16.8 Å². The summed E-state index contributed by atoms with van der Waals surface area (Å²) in [5, 5.41) is 0. The summed E-state index contributed by atoms with van der Waals surface area (Å²) in [7, 11) is 1.41. The number of fused-ring (bicyclic) bond motifs is 3. The van der Waals surface area contributed by atoms with Crippen LogP contribution in [-0.2, 0) is 15.6 Å². The van der Waals surface area contributed by atoms with Crippen LogP contribution in [0.2, 0.25) is 0 Å². The fourth-order valence-electron chi connectivity index (χ4n) is 5.68. The average molecular weight is 481 g/mol. The normalized spacial score (nSPS) is 17.3. The molecule has 0 bridgehead atoms. The van der Waals surface area contributed by atoms with Crippen molar-refractivity contribution in [2.75, 3.05) is 18.6 Å². The first-order valence-corrected chi connectivity index (χ1v) is 13.0. The van der Waals surface area contributed by atoms with Crippen molar-refractivity contribution >= 4 is 28.7 Å². The molecule has 0 spiro atoms. The number of esters is 1. The SMILES string of the molecule is CCCN1c2cc3c(cc2N=C(c2ccc(C(=O)OC)cc2)c2ccccc21)C(C)(C)CCC3(C)C. The number of carbonyl (C=O) groups is 1. The Morgan fingerprint density at radius 1 is 0.917 bits per heavy atom. The van der Waals surface area contributed by atoms with Gasteiger partial charge in [0, 0.05) is 17.7 Å². The first-order valence-electron chi connectivity index (χ1n) is 13.0. The van der Waals surface area contributed by atoms with E-state index in [0.29, 0.717) is 5.56 Å². The Morgan fingerprint density at radius 3 is 2.19 bits per heavy atom. The molecule has 4 nitrogen and oxygen atoms in total. The van der Waals surface area contributed by atoms with Gasteiger partial charge in [-0.25, -0.2) is 9.79 Å². The quantitative estimate of drug-likeness (QED) is 0.357. The lowest BCUT2D eigenvalue weighted by Gasteiger charge is -2.42. The lowest BCUT2D eigenvalue weighted by molar-refractivity contribution is 0.0600. The maximum atomic E-state index is 12.0. The van der Waals surface area contributed by atoms with Crippen molar-refractivity contribution in [2.24, 2.45) is 4.99 Å². The number of carbonyl (C=O) groups excluding carboxylic acids is 1. The lowest BCUT2D eigenvalue weighted by atomic mass is 9.63. The number of ether oxygens (including phenoxy) is 1. The monoisotopic (exact) mass is 480 g/mol. The minimum atomic E-state index is -0.333. The molecule has 1 aliphatic carbocycles. The molecule has 186 valence electrons. The van der Waals surface area contributed by atoms with Crippen LogP contribution in [0.15, 0.2) is 65.7 Å². The summed E-state index contributed by atoms with van der Waals surface area (Å²) in [6.45, 7) is 12.6. The molecule has 4 heteroatoms. The number of nitrogens with zero attached hydrogens (tertiary/aromatic N) is 2. The first-order chi connectivity index (χ1) is 17.2. The van der Waals surface area contributed by atoms with Crippen LogP contribution < -0.4 is 4.90 Å². The maximum absolute atomic E-state index is 12.0. The van der Waals surface area contributed by atoms with Crippen LogP contribution in [0.1, 0.15) is 86.5 Å². The fourth-order valence-corrected chi connectivity index (χ4v) is 5.68. The zero-order valence-corrected chi connectivity index (χ0v) is 22.3. The fraction of sp³-hybridized carbons (Fsp3) is 0.375. The van der Waals surface area contributed by atoms with E-state index in [9.17, 15) is 4.79 Å². The van der Waals surface area contributed by atoms with Crippen LogP contribution in [0, 0.1) is 0 Å². The van der Waals surface area contributed by atoms with Crippen molar-refractivity contribution in [3.63, 3.8) is 0 Å². The largest absolute Gasteiger partial charge is 0.465 e. The van der Waals surface area contributed by atoms with Gasteiger partial charge in [0.25, 0.3) is 0 Å². The highest BCUT2D eigenvalue weighted by Crippen LogP contribution is 2.51. The molecule has 3 aromatic carbocycles. The second-order valence-corrected chi connectivity index (χ2v) is 11.4. The van der Waals surface area contributed by atoms with E-state index in [0.717, 1.165) is 41.9 Å². The van der Waals surface area contributed by atoms with Gasteiger partial charge in [-0.3, -0.25) is 0 Å². The van der Waals surface area contributed by atoms with Gasteiger partial charge in [-0.05, 0) is 71.6 Å².